The number of carbonyl (C=O) groups is 1. The first-order valence-corrected chi connectivity index (χ1v) is 11.0. The van der Waals surface area contributed by atoms with Crippen molar-refractivity contribution in [2.45, 2.75) is 43.5 Å². The number of sulfonamides is 2. The van der Waals surface area contributed by atoms with Gasteiger partial charge in [0.25, 0.3) is 0 Å². The lowest BCUT2D eigenvalue weighted by Crippen LogP contribution is -2.33. The van der Waals surface area contributed by atoms with Crippen molar-refractivity contribution in [3.05, 3.63) is 24.3 Å². The van der Waals surface area contributed by atoms with Crippen LogP contribution in [0.25, 0.3) is 0 Å². The number of nitrogens with one attached hydrogen (secondary N) is 1. The zero-order valence-electron chi connectivity index (χ0n) is 13.3. The lowest BCUT2D eigenvalue weighted by atomic mass is 10.2. The molecule has 7 nitrogen and oxygen atoms in total. The number of hydrogen-bond acceptors (Lipinski definition) is 5. The monoisotopic (exact) mass is 372 g/mol. The number of anilines is 1. The molecule has 1 aliphatic carbocycles. The molecule has 1 saturated heterocycles. The zero-order chi connectivity index (χ0) is 17.5. The summed E-state index contributed by atoms with van der Waals surface area (Å²) in [5, 5.41) is 0. The highest BCUT2D eigenvalue weighted by Crippen LogP contribution is 2.29. The van der Waals surface area contributed by atoms with Gasteiger partial charge >= 0.3 is 0 Å². The van der Waals surface area contributed by atoms with Gasteiger partial charge in [0, 0.05) is 6.04 Å². The first-order valence-electron chi connectivity index (χ1n) is 7.90. The van der Waals surface area contributed by atoms with Crippen molar-refractivity contribution < 1.29 is 21.6 Å². The molecule has 1 aliphatic heterocycles. The summed E-state index contributed by atoms with van der Waals surface area (Å²) in [6.07, 6.45) is 3.68. The van der Waals surface area contributed by atoms with Gasteiger partial charge in [-0.15, -0.1) is 0 Å². The summed E-state index contributed by atoms with van der Waals surface area (Å²) < 4.78 is 52.3. The van der Waals surface area contributed by atoms with Crippen molar-refractivity contribution in [1.82, 2.24) is 4.72 Å². The van der Waals surface area contributed by atoms with Crippen LogP contribution in [0.3, 0.4) is 0 Å². The van der Waals surface area contributed by atoms with Gasteiger partial charge in [-0.2, -0.15) is 0 Å². The maximum Gasteiger partial charge on any atom is 0.244 e. The highest BCUT2D eigenvalue weighted by atomic mass is 32.2. The van der Waals surface area contributed by atoms with E-state index < -0.39 is 31.9 Å². The van der Waals surface area contributed by atoms with E-state index in [1.807, 2.05) is 0 Å². The van der Waals surface area contributed by atoms with Crippen LogP contribution >= 0.6 is 0 Å². The van der Waals surface area contributed by atoms with Crippen LogP contribution in [0.4, 0.5) is 5.69 Å². The maximum atomic E-state index is 12.4. The van der Waals surface area contributed by atoms with Crippen molar-refractivity contribution in [3.8, 4) is 0 Å². The molecule has 2 aliphatic rings. The third-order valence-electron chi connectivity index (χ3n) is 4.42. The largest absolute Gasteiger partial charge is 0.273 e. The molecule has 1 amide bonds. The molecule has 1 saturated carbocycles. The van der Waals surface area contributed by atoms with E-state index in [1.165, 1.54) is 24.3 Å². The molecule has 1 aromatic carbocycles. The Labute approximate surface area is 142 Å². The molecule has 24 heavy (non-hydrogen) atoms. The molecule has 9 heteroatoms. The topological polar surface area (TPSA) is 101 Å². The molecule has 0 radical (unpaired) electrons. The first-order chi connectivity index (χ1) is 11.2. The van der Waals surface area contributed by atoms with Gasteiger partial charge < -0.3 is 0 Å². The van der Waals surface area contributed by atoms with E-state index in [2.05, 4.69) is 4.72 Å². The van der Waals surface area contributed by atoms with Crippen LogP contribution in [0.5, 0.6) is 0 Å². The Hall–Kier alpha value is -1.45. The van der Waals surface area contributed by atoms with Gasteiger partial charge in [0.15, 0.2) is 0 Å². The average Bonchev–Trinajstić information content (AvgIpc) is 3.05. The van der Waals surface area contributed by atoms with Gasteiger partial charge in [-0.3, -0.25) is 4.79 Å². The summed E-state index contributed by atoms with van der Waals surface area (Å²) in [5.41, 5.74) is 0.171. The second-order valence-electron chi connectivity index (χ2n) is 6.38. The molecule has 1 heterocycles. The van der Waals surface area contributed by atoms with Crippen molar-refractivity contribution in [2.24, 2.45) is 5.92 Å². The van der Waals surface area contributed by atoms with Gasteiger partial charge in [-0.05, 0) is 37.1 Å². The predicted molar refractivity (Wildman–Crippen MR) is 89.5 cm³/mol. The number of benzene rings is 1. The second kappa shape index (κ2) is 6.12. The Balaban J connectivity index is 1.84. The smallest absolute Gasteiger partial charge is 0.244 e. The van der Waals surface area contributed by atoms with Crippen LogP contribution < -0.4 is 9.03 Å². The number of carbonyl (C=O) groups excluding carboxylic acids is 1. The molecule has 0 bridgehead atoms. The number of rotatable bonds is 4. The molecule has 0 spiro atoms. The minimum Gasteiger partial charge on any atom is -0.273 e. The van der Waals surface area contributed by atoms with Crippen LogP contribution in [0, 0.1) is 5.92 Å². The number of nitrogens with zero attached hydrogens (tertiary/aromatic N) is 1. The fourth-order valence-electron chi connectivity index (χ4n) is 3.18. The average molecular weight is 372 g/mol. The molecule has 1 aromatic rings. The van der Waals surface area contributed by atoms with E-state index in [0.717, 1.165) is 30.0 Å². The van der Waals surface area contributed by atoms with Gasteiger partial charge in [0.1, 0.15) is 0 Å². The molecule has 1 atom stereocenters. The highest BCUT2D eigenvalue weighted by molar-refractivity contribution is 7.94. The summed E-state index contributed by atoms with van der Waals surface area (Å²) in [6, 6.07) is 5.33. The summed E-state index contributed by atoms with van der Waals surface area (Å²) in [7, 11) is -7.33. The van der Waals surface area contributed by atoms with Crippen molar-refractivity contribution in [2.75, 3.05) is 10.1 Å². The number of amides is 1. The van der Waals surface area contributed by atoms with E-state index in [1.54, 1.807) is 6.92 Å². The lowest BCUT2D eigenvalue weighted by Gasteiger charge is -2.16. The summed E-state index contributed by atoms with van der Waals surface area (Å²) >= 11 is 0. The third-order valence-corrected chi connectivity index (χ3v) is 7.82. The molecule has 3 rings (SSSR count). The van der Waals surface area contributed by atoms with Gasteiger partial charge in [0.05, 0.1) is 22.3 Å². The quantitative estimate of drug-likeness (QED) is 0.856. The van der Waals surface area contributed by atoms with E-state index in [4.69, 9.17) is 0 Å². The zero-order valence-corrected chi connectivity index (χ0v) is 14.9. The van der Waals surface area contributed by atoms with Crippen LogP contribution in [0.15, 0.2) is 29.2 Å². The Bertz CT molecular complexity index is 840. The first kappa shape index (κ1) is 17.4. The maximum absolute atomic E-state index is 12.4. The predicted octanol–water partition coefficient (Wildman–Crippen LogP) is 1.22. The fourth-order valence-corrected chi connectivity index (χ4v) is 6.30. The van der Waals surface area contributed by atoms with Gasteiger partial charge in [-0.1, -0.05) is 19.8 Å². The highest BCUT2D eigenvalue weighted by Gasteiger charge is 2.42. The van der Waals surface area contributed by atoms with E-state index in [-0.39, 0.29) is 22.4 Å². The molecular formula is C15H20N2O5S2. The summed E-state index contributed by atoms with van der Waals surface area (Å²) in [6.45, 7) is 1.56. The fraction of sp³-hybridized carbons (Fsp3) is 0.533. The molecule has 132 valence electrons. The van der Waals surface area contributed by atoms with E-state index in [0.29, 0.717) is 0 Å². The van der Waals surface area contributed by atoms with Crippen LogP contribution in [0.1, 0.15) is 32.6 Å². The second-order valence-corrected chi connectivity index (χ2v) is 9.96. The number of hydrogen-bond donors (Lipinski definition) is 1. The van der Waals surface area contributed by atoms with Crippen LogP contribution in [-0.2, 0) is 24.8 Å². The summed E-state index contributed by atoms with van der Waals surface area (Å²) in [5.74, 6) is -1.31. The van der Waals surface area contributed by atoms with E-state index >= 15 is 0 Å². The molecular weight excluding hydrogens is 352 g/mol. The van der Waals surface area contributed by atoms with Crippen molar-refractivity contribution in [3.63, 3.8) is 0 Å². The molecule has 1 N–H and O–H groups in total. The minimum atomic E-state index is -3.69. The Kier molecular flexibility index (Phi) is 4.43. The molecule has 0 unspecified atom stereocenters. The Morgan fingerprint density at radius 3 is 2.21 bits per heavy atom. The minimum absolute atomic E-state index is 0.0453. The van der Waals surface area contributed by atoms with Crippen molar-refractivity contribution in [1.29, 1.82) is 0 Å². The van der Waals surface area contributed by atoms with Crippen LogP contribution in [-0.4, -0.2) is 34.5 Å². The van der Waals surface area contributed by atoms with Gasteiger partial charge in [-0.25, -0.2) is 25.9 Å². The van der Waals surface area contributed by atoms with Crippen LogP contribution in [0.2, 0.25) is 0 Å². The summed E-state index contributed by atoms with van der Waals surface area (Å²) in [4.78, 5) is 12.1. The lowest BCUT2D eigenvalue weighted by molar-refractivity contribution is -0.119. The third kappa shape index (κ3) is 3.20. The molecule has 0 aromatic heterocycles. The van der Waals surface area contributed by atoms with Crippen molar-refractivity contribution >= 4 is 31.6 Å². The Morgan fingerprint density at radius 1 is 1.12 bits per heavy atom. The normalized spacial score (nSPS) is 24.6. The molecule has 2 fully saturated rings. The van der Waals surface area contributed by atoms with E-state index in [9.17, 15) is 21.6 Å². The standard InChI is InChI=1S/C15H20N2O5S2/c1-11-10-23(19,20)17(15(11)18)13-6-8-14(9-7-13)24(21,22)16-12-4-2-3-5-12/h6-9,11-12,16H,2-5,10H2,1H3/t11-/m0/s1. The Morgan fingerprint density at radius 2 is 1.71 bits per heavy atom. The SMILES string of the molecule is C[C@H]1CS(=O)(=O)N(c2ccc(S(=O)(=O)NC3CCCC3)cc2)C1=O. The van der Waals surface area contributed by atoms with Gasteiger partial charge in [0.2, 0.25) is 26.0 Å².